The lowest BCUT2D eigenvalue weighted by molar-refractivity contribution is -0.125. The molecule has 2 aromatic rings. The van der Waals surface area contributed by atoms with Gasteiger partial charge in [-0.2, -0.15) is 0 Å². The summed E-state index contributed by atoms with van der Waals surface area (Å²) in [5, 5.41) is 5.94. The molecule has 1 aliphatic heterocycles. The van der Waals surface area contributed by atoms with Crippen molar-refractivity contribution >= 4 is 17.5 Å². The van der Waals surface area contributed by atoms with Crippen LogP contribution in [0.4, 0.5) is 5.69 Å². The van der Waals surface area contributed by atoms with Gasteiger partial charge in [-0.3, -0.25) is 14.5 Å². The Labute approximate surface area is 188 Å². The molecule has 2 N–H and O–H groups in total. The minimum absolute atomic E-state index is 0.108. The van der Waals surface area contributed by atoms with Crippen LogP contribution in [0.25, 0.3) is 0 Å². The quantitative estimate of drug-likeness (QED) is 0.622. The highest BCUT2D eigenvalue weighted by Gasteiger charge is 2.32. The topological polar surface area (TPSA) is 89.1 Å². The van der Waals surface area contributed by atoms with Crippen molar-refractivity contribution in [3.63, 3.8) is 0 Å². The van der Waals surface area contributed by atoms with Gasteiger partial charge in [-0.15, -0.1) is 0 Å². The van der Waals surface area contributed by atoms with E-state index >= 15 is 0 Å². The van der Waals surface area contributed by atoms with E-state index in [1.807, 2.05) is 30.0 Å². The third kappa shape index (κ3) is 5.70. The second-order valence-electron chi connectivity index (χ2n) is 7.74. The van der Waals surface area contributed by atoms with Gasteiger partial charge >= 0.3 is 0 Å². The molecule has 172 valence electrons. The van der Waals surface area contributed by atoms with E-state index < -0.39 is 0 Å². The van der Waals surface area contributed by atoms with Gasteiger partial charge in [0.2, 0.25) is 11.8 Å². The van der Waals surface area contributed by atoms with Crippen LogP contribution in [0.2, 0.25) is 0 Å². The average Bonchev–Trinajstić information content (AvgIpc) is 3.27. The van der Waals surface area contributed by atoms with Gasteiger partial charge in [0.25, 0.3) is 0 Å². The number of hydrogen-bond donors (Lipinski definition) is 2. The summed E-state index contributed by atoms with van der Waals surface area (Å²) in [6, 6.07) is 12.0. The molecule has 32 heavy (non-hydrogen) atoms. The Morgan fingerprint density at radius 1 is 1.03 bits per heavy atom. The van der Waals surface area contributed by atoms with Crippen LogP contribution in [-0.2, 0) is 9.59 Å². The van der Waals surface area contributed by atoms with Crippen LogP contribution in [0.15, 0.2) is 42.5 Å². The number of amides is 2. The molecular formula is C24H31N3O5. The van der Waals surface area contributed by atoms with E-state index in [1.54, 1.807) is 45.6 Å². The highest BCUT2D eigenvalue weighted by atomic mass is 16.5. The summed E-state index contributed by atoms with van der Waals surface area (Å²) in [6.07, 6.45) is 1.59. The summed E-state index contributed by atoms with van der Waals surface area (Å²) in [4.78, 5) is 27.5. The van der Waals surface area contributed by atoms with Crippen LogP contribution >= 0.6 is 0 Å². The van der Waals surface area contributed by atoms with Gasteiger partial charge in [-0.25, -0.2) is 0 Å². The zero-order chi connectivity index (χ0) is 23.1. The van der Waals surface area contributed by atoms with Gasteiger partial charge in [-0.1, -0.05) is 0 Å². The fraction of sp³-hybridized carbons (Fsp3) is 0.417. The van der Waals surface area contributed by atoms with Crippen molar-refractivity contribution in [3.05, 3.63) is 48.0 Å². The largest absolute Gasteiger partial charge is 0.497 e. The molecule has 1 fully saturated rings. The number of ether oxygens (including phenoxy) is 3. The minimum Gasteiger partial charge on any atom is -0.497 e. The Morgan fingerprint density at radius 3 is 2.38 bits per heavy atom. The zero-order valence-corrected chi connectivity index (χ0v) is 19.0. The molecule has 0 spiro atoms. The highest BCUT2D eigenvalue weighted by Crippen LogP contribution is 2.29. The first-order valence-corrected chi connectivity index (χ1v) is 10.7. The van der Waals surface area contributed by atoms with Crippen LogP contribution in [0.5, 0.6) is 17.2 Å². The molecule has 8 nitrogen and oxygen atoms in total. The van der Waals surface area contributed by atoms with E-state index in [-0.39, 0.29) is 30.4 Å². The van der Waals surface area contributed by atoms with E-state index in [2.05, 4.69) is 10.6 Å². The van der Waals surface area contributed by atoms with E-state index in [9.17, 15) is 9.59 Å². The summed E-state index contributed by atoms with van der Waals surface area (Å²) in [6.45, 7) is 2.75. The fourth-order valence-electron chi connectivity index (χ4n) is 3.94. The lowest BCUT2D eigenvalue weighted by atomic mass is 10.1. The second kappa shape index (κ2) is 10.9. The first kappa shape index (κ1) is 23.4. The molecule has 2 atom stereocenters. The van der Waals surface area contributed by atoms with Crippen molar-refractivity contribution in [1.82, 2.24) is 10.2 Å². The first-order chi connectivity index (χ1) is 15.4. The lowest BCUT2D eigenvalue weighted by Crippen LogP contribution is -2.45. The van der Waals surface area contributed by atoms with Crippen molar-refractivity contribution in [2.24, 2.45) is 0 Å². The smallest absolute Gasteiger partial charge is 0.241 e. The number of nitrogens with one attached hydrogen (secondary N) is 2. The maximum absolute atomic E-state index is 12.8. The van der Waals surface area contributed by atoms with Crippen LogP contribution in [0.3, 0.4) is 0 Å². The molecule has 1 aliphatic rings. The monoisotopic (exact) mass is 441 g/mol. The molecule has 0 aromatic heterocycles. The van der Waals surface area contributed by atoms with Crippen LogP contribution < -0.4 is 24.8 Å². The van der Waals surface area contributed by atoms with E-state index in [1.165, 1.54) is 0 Å². The Balaban J connectivity index is 1.59. The van der Waals surface area contributed by atoms with Gasteiger partial charge < -0.3 is 24.8 Å². The molecule has 0 bridgehead atoms. The second-order valence-corrected chi connectivity index (χ2v) is 7.74. The number of hydrogen-bond acceptors (Lipinski definition) is 6. The van der Waals surface area contributed by atoms with Crippen LogP contribution in [0, 0.1) is 0 Å². The number of likely N-dealkylation sites (tertiary alicyclic amines) is 1. The maximum Gasteiger partial charge on any atom is 0.241 e. The molecule has 8 heteroatoms. The number of benzene rings is 2. The molecule has 3 rings (SSSR count). The number of carbonyl (C=O) groups excluding carboxylic acids is 2. The summed E-state index contributed by atoms with van der Waals surface area (Å²) >= 11 is 0. The van der Waals surface area contributed by atoms with Crippen molar-refractivity contribution < 1.29 is 23.8 Å². The molecule has 2 aromatic carbocycles. The van der Waals surface area contributed by atoms with E-state index in [0.717, 1.165) is 17.7 Å². The molecule has 0 saturated carbocycles. The molecule has 1 saturated heterocycles. The van der Waals surface area contributed by atoms with Crippen LogP contribution in [0.1, 0.15) is 31.4 Å². The molecule has 2 unspecified atom stereocenters. The Morgan fingerprint density at radius 2 is 1.72 bits per heavy atom. The van der Waals surface area contributed by atoms with Gasteiger partial charge in [-0.05, 0) is 68.8 Å². The van der Waals surface area contributed by atoms with Gasteiger partial charge in [0, 0.05) is 11.3 Å². The lowest BCUT2D eigenvalue weighted by Gasteiger charge is -2.24. The Bertz CT molecular complexity index is 932. The van der Waals surface area contributed by atoms with Crippen molar-refractivity contribution in [1.29, 1.82) is 0 Å². The molecular weight excluding hydrogens is 410 g/mol. The standard InChI is InChI=1S/C24H31N3O5/c1-16(20-14-19(31-3)11-12-22(20)32-4)25-23(28)15-27-13-5-6-21(27)24(29)26-17-7-9-18(30-2)10-8-17/h7-12,14,16,21H,5-6,13,15H2,1-4H3,(H,25,28)(H,26,29). The summed E-state index contributed by atoms with van der Waals surface area (Å²) < 4.78 is 15.9. The normalized spacial score (nSPS) is 16.8. The third-order valence-corrected chi connectivity index (χ3v) is 5.65. The van der Waals surface area contributed by atoms with Gasteiger partial charge in [0.05, 0.1) is 40.0 Å². The van der Waals surface area contributed by atoms with Gasteiger partial charge in [0.15, 0.2) is 0 Å². The first-order valence-electron chi connectivity index (χ1n) is 10.7. The highest BCUT2D eigenvalue weighted by molar-refractivity contribution is 5.95. The summed E-state index contributed by atoms with van der Waals surface area (Å²) in [7, 11) is 4.79. The van der Waals surface area contributed by atoms with Crippen molar-refractivity contribution in [3.8, 4) is 17.2 Å². The predicted molar refractivity (Wildman–Crippen MR) is 122 cm³/mol. The SMILES string of the molecule is COc1ccc(NC(=O)C2CCCN2CC(=O)NC(C)c2cc(OC)ccc2OC)cc1. The maximum atomic E-state index is 12.8. The summed E-state index contributed by atoms with van der Waals surface area (Å²) in [5.74, 6) is 1.84. The number of carbonyl (C=O) groups is 2. The van der Waals surface area contributed by atoms with Gasteiger partial charge in [0.1, 0.15) is 17.2 Å². The minimum atomic E-state index is -0.343. The summed E-state index contributed by atoms with van der Waals surface area (Å²) in [5.41, 5.74) is 1.53. The molecule has 1 heterocycles. The average molecular weight is 442 g/mol. The van der Waals surface area contributed by atoms with Crippen molar-refractivity contribution in [2.45, 2.75) is 31.8 Å². The number of anilines is 1. The third-order valence-electron chi connectivity index (χ3n) is 5.65. The number of nitrogens with zero attached hydrogens (tertiary/aromatic N) is 1. The zero-order valence-electron chi connectivity index (χ0n) is 19.0. The van der Waals surface area contributed by atoms with E-state index in [0.29, 0.717) is 30.2 Å². The fourth-order valence-corrected chi connectivity index (χ4v) is 3.94. The molecule has 2 amide bonds. The van der Waals surface area contributed by atoms with E-state index in [4.69, 9.17) is 14.2 Å². The molecule has 0 radical (unpaired) electrons. The number of methoxy groups -OCH3 is 3. The Hall–Kier alpha value is -3.26. The van der Waals surface area contributed by atoms with Crippen molar-refractivity contribution in [2.75, 3.05) is 39.7 Å². The van der Waals surface area contributed by atoms with Crippen LogP contribution in [-0.4, -0.2) is 57.2 Å². The Kier molecular flexibility index (Phi) is 7.94. The molecule has 0 aliphatic carbocycles. The predicted octanol–water partition coefficient (Wildman–Crippen LogP) is 2.99. The number of rotatable bonds is 9.